The van der Waals surface area contributed by atoms with Gasteiger partial charge in [-0.25, -0.2) is 8.78 Å². The number of aliphatic carboxylic acids is 1. The van der Waals surface area contributed by atoms with Gasteiger partial charge in [0.1, 0.15) is 0 Å². The Kier molecular flexibility index (Phi) is 2.56. The third-order valence-corrected chi connectivity index (χ3v) is 2.62. The summed E-state index contributed by atoms with van der Waals surface area (Å²) in [7, 11) is 0. The summed E-state index contributed by atoms with van der Waals surface area (Å²) in [5, 5.41) is 8.76. The fourth-order valence-electron chi connectivity index (χ4n) is 1.52. The second kappa shape index (κ2) is 3.21. The highest BCUT2D eigenvalue weighted by molar-refractivity contribution is 5.76. The molecular formula is C8H12F2O3. The maximum Gasteiger partial charge on any atom is 0.318 e. The molecule has 1 fully saturated rings. The minimum absolute atomic E-state index is 0.0674. The van der Waals surface area contributed by atoms with Crippen molar-refractivity contribution in [2.75, 3.05) is 13.2 Å². The number of carboxylic acid groups (broad SMARTS) is 1. The first-order chi connectivity index (χ1) is 5.96. The molecular weight excluding hydrogens is 182 g/mol. The van der Waals surface area contributed by atoms with Crippen LogP contribution in [-0.2, 0) is 9.53 Å². The van der Waals surface area contributed by atoms with Gasteiger partial charge in [0, 0.05) is 6.42 Å². The van der Waals surface area contributed by atoms with Crippen molar-refractivity contribution in [1.82, 2.24) is 0 Å². The predicted molar refractivity (Wildman–Crippen MR) is 40.7 cm³/mol. The van der Waals surface area contributed by atoms with Crippen LogP contribution in [0.25, 0.3) is 0 Å². The van der Waals surface area contributed by atoms with Crippen LogP contribution in [0.3, 0.4) is 0 Å². The van der Waals surface area contributed by atoms with Crippen molar-refractivity contribution in [2.24, 2.45) is 5.41 Å². The van der Waals surface area contributed by atoms with E-state index in [0.29, 0.717) is 0 Å². The van der Waals surface area contributed by atoms with Gasteiger partial charge < -0.3 is 9.84 Å². The van der Waals surface area contributed by atoms with Crippen LogP contribution in [-0.4, -0.2) is 30.2 Å². The average molecular weight is 194 g/mol. The lowest BCUT2D eigenvalue weighted by molar-refractivity contribution is -0.216. The molecule has 0 radical (unpaired) electrons. The van der Waals surface area contributed by atoms with Crippen molar-refractivity contribution in [3.63, 3.8) is 0 Å². The summed E-state index contributed by atoms with van der Waals surface area (Å²) in [5.41, 5.74) is -2.02. The van der Waals surface area contributed by atoms with Gasteiger partial charge in [-0.2, -0.15) is 0 Å². The van der Waals surface area contributed by atoms with Crippen LogP contribution in [0.15, 0.2) is 0 Å². The number of rotatable bonds is 2. The lowest BCUT2D eigenvalue weighted by Gasteiger charge is -2.39. The predicted octanol–water partition coefficient (Wildman–Crippen LogP) is 1.52. The fraction of sp³-hybridized carbons (Fsp3) is 0.875. The first kappa shape index (κ1) is 10.4. The molecule has 0 bridgehead atoms. The molecule has 0 aromatic carbocycles. The van der Waals surface area contributed by atoms with Gasteiger partial charge in [-0.05, 0) is 6.42 Å². The molecule has 0 spiro atoms. The molecule has 0 aliphatic carbocycles. The van der Waals surface area contributed by atoms with E-state index in [1.165, 1.54) is 6.92 Å². The summed E-state index contributed by atoms with van der Waals surface area (Å²) in [6.45, 7) is 0.977. The van der Waals surface area contributed by atoms with Gasteiger partial charge in [0.05, 0.1) is 13.2 Å². The molecule has 0 amide bonds. The van der Waals surface area contributed by atoms with Crippen molar-refractivity contribution in [2.45, 2.75) is 25.7 Å². The van der Waals surface area contributed by atoms with Crippen molar-refractivity contribution in [3.05, 3.63) is 0 Å². The molecule has 3 nitrogen and oxygen atoms in total. The molecule has 1 rings (SSSR count). The van der Waals surface area contributed by atoms with E-state index in [9.17, 15) is 13.6 Å². The molecule has 1 unspecified atom stereocenters. The zero-order valence-electron chi connectivity index (χ0n) is 7.35. The highest BCUT2D eigenvalue weighted by Crippen LogP contribution is 2.45. The van der Waals surface area contributed by atoms with Crippen LogP contribution in [0.5, 0.6) is 0 Å². The Labute approximate surface area is 74.7 Å². The summed E-state index contributed by atoms with van der Waals surface area (Å²) in [5.74, 6) is -4.63. The smallest absolute Gasteiger partial charge is 0.318 e. The van der Waals surface area contributed by atoms with E-state index in [1.54, 1.807) is 0 Å². The number of hydrogen-bond acceptors (Lipinski definition) is 2. The highest BCUT2D eigenvalue weighted by atomic mass is 19.3. The normalized spacial score (nSPS) is 32.8. The number of halogens is 2. The topological polar surface area (TPSA) is 46.5 Å². The van der Waals surface area contributed by atoms with Gasteiger partial charge >= 0.3 is 5.97 Å². The second-order valence-electron chi connectivity index (χ2n) is 3.25. The van der Waals surface area contributed by atoms with E-state index >= 15 is 0 Å². The van der Waals surface area contributed by atoms with Crippen LogP contribution < -0.4 is 0 Å². The Bertz CT molecular complexity index is 217. The van der Waals surface area contributed by atoms with E-state index in [1.807, 2.05) is 0 Å². The molecule has 1 atom stereocenters. The van der Waals surface area contributed by atoms with Crippen molar-refractivity contribution in [1.29, 1.82) is 0 Å². The largest absolute Gasteiger partial charge is 0.481 e. The number of ether oxygens (including phenoxy) is 1. The minimum atomic E-state index is -3.16. The van der Waals surface area contributed by atoms with Gasteiger partial charge in [-0.1, -0.05) is 6.92 Å². The number of alkyl halides is 2. The summed E-state index contributed by atoms with van der Waals surface area (Å²) in [6, 6.07) is 0. The average Bonchev–Trinajstić information content (AvgIpc) is 2.03. The van der Waals surface area contributed by atoms with E-state index in [0.717, 1.165) is 0 Å². The van der Waals surface area contributed by atoms with Crippen LogP contribution >= 0.6 is 0 Å². The van der Waals surface area contributed by atoms with Crippen LogP contribution in [0.4, 0.5) is 8.78 Å². The number of carboxylic acids is 1. The van der Waals surface area contributed by atoms with Crippen LogP contribution in [0, 0.1) is 5.41 Å². The molecule has 1 heterocycles. The van der Waals surface area contributed by atoms with Gasteiger partial charge in [0.2, 0.25) is 0 Å². The van der Waals surface area contributed by atoms with E-state index in [-0.39, 0.29) is 13.0 Å². The zero-order chi connectivity index (χ0) is 10.1. The van der Waals surface area contributed by atoms with Crippen molar-refractivity contribution in [3.8, 4) is 0 Å². The summed E-state index contributed by atoms with van der Waals surface area (Å²) in [6.07, 6.45) is -0.623. The summed E-state index contributed by atoms with van der Waals surface area (Å²) < 4.78 is 31.4. The third kappa shape index (κ3) is 1.41. The first-order valence-electron chi connectivity index (χ1n) is 4.15. The third-order valence-electron chi connectivity index (χ3n) is 2.62. The highest BCUT2D eigenvalue weighted by Gasteiger charge is 2.59. The van der Waals surface area contributed by atoms with Crippen molar-refractivity contribution < 1.29 is 23.4 Å². The van der Waals surface area contributed by atoms with Crippen LogP contribution in [0.1, 0.15) is 19.8 Å². The van der Waals surface area contributed by atoms with Crippen molar-refractivity contribution >= 4 is 5.97 Å². The monoisotopic (exact) mass is 194 g/mol. The standard InChI is InChI=1S/C8H12F2O3/c1-2-7(6(11)12)5-13-4-3-8(7,9)10/h2-5H2,1H3,(H,11,12). The lowest BCUT2D eigenvalue weighted by atomic mass is 9.76. The van der Waals surface area contributed by atoms with Gasteiger partial charge in [0.15, 0.2) is 5.41 Å². The Morgan fingerprint density at radius 3 is 2.54 bits per heavy atom. The molecule has 76 valence electrons. The Morgan fingerprint density at radius 2 is 2.23 bits per heavy atom. The summed E-state index contributed by atoms with van der Waals surface area (Å²) >= 11 is 0. The maximum atomic E-state index is 13.3. The second-order valence-corrected chi connectivity index (χ2v) is 3.25. The van der Waals surface area contributed by atoms with E-state index < -0.39 is 30.3 Å². The SMILES string of the molecule is CCC1(C(=O)O)COCCC1(F)F. The molecule has 5 heteroatoms. The van der Waals surface area contributed by atoms with E-state index in [4.69, 9.17) is 9.84 Å². The van der Waals surface area contributed by atoms with Gasteiger partial charge in [-0.3, -0.25) is 4.79 Å². The first-order valence-corrected chi connectivity index (χ1v) is 4.15. The number of carbonyl (C=O) groups is 1. The minimum Gasteiger partial charge on any atom is -0.481 e. The lowest BCUT2D eigenvalue weighted by Crippen LogP contribution is -2.54. The van der Waals surface area contributed by atoms with Crippen LogP contribution in [0.2, 0.25) is 0 Å². The van der Waals surface area contributed by atoms with E-state index in [2.05, 4.69) is 0 Å². The fourth-order valence-corrected chi connectivity index (χ4v) is 1.52. The maximum absolute atomic E-state index is 13.3. The zero-order valence-corrected chi connectivity index (χ0v) is 7.35. The Hall–Kier alpha value is -0.710. The molecule has 1 saturated heterocycles. The molecule has 0 aromatic heterocycles. The quantitative estimate of drug-likeness (QED) is 0.725. The molecule has 0 aromatic rings. The Balaban J connectivity index is 2.99. The molecule has 13 heavy (non-hydrogen) atoms. The molecule has 1 N–H and O–H groups in total. The van der Waals surface area contributed by atoms with Gasteiger partial charge in [-0.15, -0.1) is 0 Å². The Morgan fingerprint density at radius 1 is 1.62 bits per heavy atom. The molecule has 1 aliphatic heterocycles. The molecule has 0 saturated carbocycles. The molecule has 1 aliphatic rings. The summed E-state index contributed by atoms with van der Waals surface area (Å²) in [4.78, 5) is 10.8. The van der Waals surface area contributed by atoms with Gasteiger partial charge in [0.25, 0.3) is 5.92 Å². The number of hydrogen-bond donors (Lipinski definition) is 1.